The second-order valence-electron chi connectivity index (χ2n) is 4.93. The fourth-order valence-electron chi connectivity index (χ4n) is 2.63. The predicted octanol–water partition coefficient (Wildman–Crippen LogP) is 1.12. The fourth-order valence-corrected chi connectivity index (χ4v) is 3.90. The van der Waals surface area contributed by atoms with Gasteiger partial charge in [-0.2, -0.15) is 0 Å². The molecule has 7 nitrogen and oxygen atoms in total. The Kier molecular flexibility index (Phi) is 5.31. The number of hydrogen-bond acceptors (Lipinski definition) is 9. The topological polar surface area (TPSA) is 70.1 Å². The largest absolute Gasteiger partial charge is 0.463 e. The van der Waals surface area contributed by atoms with Gasteiger partial charge in [-0.3, -0.25) is 9.71 Å². The van der Waals surface area contributed by atoms with E-state index in [9.17, 15) is 4.79 Å². The highest BCUT2D eigenvalue weighted by Crippen LogP contribution is 2.28. The Morgan fingerprint density at radius 3 is 3.09 bits per heavy atom. The van der Waals surface area contributed by atoms with Crippen molar-refractivity contribution in [1.82, 2.24) is 18.9 Å². The number of aliphatic imine (C=N–C) groups is 1. The van der Waals surface area contributed by atoms with Crippen LogP contribution >= 0.6 is 23.5 Å². The molecule has 124 valence electrons. The monoisotopic (exact) mass is 353 g/mol. The number of esters is 1. The molecule has 0 atom stereocenters. The summed E-state index contributed by atoms with van der Waals surface area (Å²) in [6.45, 7) is 4.84. The number of nitrogens with one attached hydrogen (secondary N) is 1. The molecule has 1 saturated heterocycles. The van der Waals surface area contributed by atoms with Gasteiger partial charge in [-0.05, 0) is 14.0 Å². The van der Waals surface area contributed by atoms with Gasteiger partial charge in [-0.25, -0.2) is 14.1 Å². The summed E-state index contributed by atoms with van der Waals surface area (Å²) in [6, 6.07) is 0. The number of ether oxygens (including phenoxy) is 1. The van der Waals surface area contributed by atoms with Crippen LogP contribution in [-0.4, -0.2) is 65.8 Å². The lowest BCUT2D eigenvalue weighted by Gasteiger charge is -2.39. The maximum Gasteiger partial charge on any atom is 0.337 e. The minimum Gasteiger partial charge on any atom is -0.463 e. The SMILES string of the molecule is CCOC(=O)C1=C2CN(SNC)CCN2C(c2nccs2)=NC1. The maximum absolute atomic E-state index is 12.3. The van der Waals surface area contributed by atoms with E-state index in [0.717, 1.165) is 29.6 Å². The number of hydrogen-bond donors (Lipinski definition) is 1. The van der Waals surface area contributed by atoms with Gasteiger partial charge in [0.2, 0.25) is 0 Å². The first-order valence-electron chi connectivity index (χ1n) is 7.44. The van der Waals surface area contributed by atoms with Crippen LogP contribution < -0.4 is 4.72 Å². The molecule has 3 rings (SSSR count). The zero-order valence-corrected chi connectivity index (χ0v) is 14.7. The standard InChI is InChI=1S/C14H19N5O2S2/c1-3-21-14(20)10-8-17-12(13-16-4-7-22-13)19-6-5-18(23-15-2)9-11(10)19/h4,7,15H,3,5-6,8-9H2,1-2H3. The Bertz CT molecular complexity index is 629. The van der Waals surface area contributed by atoms with Crippen molar-refractivity contribution in [3.8, 4) is 0 Å². The molecule has 0 aromatic carbocycles. The van der Waals surface area contributed by atoms with Crippen LogP contribution in [0.3, 0.4) is 0 Å². The number of nitrogens with zero attached hydrogens (tertiary/aromatic N) is 4. The van der Waals surface area contributed by atoms with E-state index in [1.807, 2.05) is 19.4 Å². The molecule has 0 spiro atoms. The lowest BCUT2D eigenvalue weighted by molar-refractivity contribution is -0.138. The van der Waals surface area contributed by atoms with Gasteiger partial charge in [0.25, 0.3) is 0 Å². The quantitative estimate of drug-likeness (QED) is 0.628. The highest BCUT2D eigenvalue weighted by atomic mass is 32.2. The molecule has 2 aliphatic rings. The summed E-state index contributed by atoms with van der Waals surface area (Å²) in [6.07, 6.45) is 1.78. The van der Waals surface area contributed by atoms with Gasteiger partial charge < -0.3 is 9.64 Å². The second-order valence-corrected chi connectivity index (χ2v) is 6.94. The molecule has 9 heteroatoms. The molecule has 1 aromatic heterocycles. The average molecular weight is 353 g/mol. The molecule has 1 aromatic rings. The van der Waals surface area contributed by atoms with Crippen LogP contribution in [0, 0.1) is 0 Å². The van der Waals surface area contributed by atoms with Crippen molar-refractivity contribution in [2.24, 2.45) is 4.99 Å². The van der Waals surface area contributed by atoms with E-state index < -0.39 is 0 Å². The van der Waals surface area contributed by atoms with E-state index in [0.29, 0.717) is 25.3 Å². The van der Waals surface area contributed by atoms with Gasteiger partial charge in [0.15, 0.2) is 10.8 Å². The Hall–Kier alpha value is -1.42. The summed E-state index contributed by atoms with van der Waals surface area (Å²) in [4.78, 5) is 23.4. The van der Waals surface area contributed by atoms with Gasteiger partial charge in [0, 0.05) is 42.5 Å². The lowest BCUT2D eigenvalue weighted by atomic mass is 10.1. The van der Waals surface area contributed by atoms with Crippen molar-refractivity contribution in [2.45, 2.75) is 6.92 Å². The van der Waals surface area contributed by atoms with E-state index >= 15 is 0 Å². The summed E-state index contributed by atoms with van der Waals surface area (Å²) in [5.74, 6) is 0.586. The molecule has 3 heterocycles. The van der Waals surface area contributed by atoms with E-state index in [1.165, 1.54) is 0 Å². The normalized spacial score (nSPS) is 18.7. The van der Waals surface area contributed by atoms with Gasteiger partial charge in [0.1, 0.15) is 0 Å². The maximum atomic E-state index is 12.3. The van der Waals surface area contributed by atoms with E-state index in [2.05, 4.69) is 23.9 Å². The molecule has 0 radical (unpaired) electrons. The third-order valence-electron chi connectivity index (χ3n) is 3.58. The van der Waals surface area contributed by atoms with Gasteiger partial charge in [-0.15, -0.1) is 11.3 Å². The van der Waals surface area contributed by atoms with E-state index in [-0.39, 0.29) is 5.97 Å². The first-order valence-corrected chi connectivity index (χ1v) is 9.09. The third kappa shape index (κ3) is 3.42. The second kappa shape index (κ2) is 7.43. The summed E-state index contributed by atoms with van der Waals surface area (Å²) >= 11 is 3.11. The van der Waals surface area contributed by atoms with E-state index in [4.69, 9.17) is 4.74 Å². The minimum absolute atomic E-state index is 0.272. The number of thiazole rings is 1. The molecular weight excluding hydrogens is 334 g/mol. The molecule has 0 amide bonds. The zero-order chi connectivity index (χ0) is 16.2. The highest BCUT2D eigenvalue weighted by Gasteiger charge is 2.34. The molecule has 1 N–H and O–H groups in total. The van der Waals surface area contributed by atoms with Crippen LogP contribution in [0.2, 0.25) is 0 Å². The number of carbonyl (C=O) groups excluding carboxylic acids is 1. The highest BCUT2D eigenvalue weighted by molar-refractivity contribution is 7.95. The third-order valence-corrected chi connectivity index (χ3v) is 5.10. The van der Waals surface area contributed by atoms with Crippen LogP contribution in [0.25, 0.3) is 0 Å². The number of piperazine rings is 1. The van der Waals surface area contributed by atoms with Gasteiger partial charge in [-0.1, -0.05) is 0 Å². The molecule has 0 aliphatic carbocycles. The summed E-state index contributed by atoms with van der Waals surface area (Å²) in [7, 11) is 1.89. The number of amidine groups is 1. The number of rotatable bonds is 5. The van der Waals surface area contributed by atoms with Crippen LogP contribution in [-0.2, 0) is 9.53 Å². The smallest absolute Gasteiger partial charge is 0.337 e. The van der Waals surface area contributed by atoms with Gasteiger partial charge in [0.05, 0.1) is 25.3 Å². The molecule has 23 heavy (non-hydrogen) atoms. The predicted molar refractivity (Wildman–Crippen MR) is 92.1 cm³/mol. The fraction of sp³-hybridized carbons (Fsp3) is 0.500. The number of fused-ring (bicyclic) bond motifs is 1. The summed E-state index contributed by atoms with van der Waals surface area (Å²) in [5.41, 5.74) is 1.62. The van der Waals surface area contributed by atoms with Crippen molar-refractivity contribution in [3.05, 3.63) is 27.9 Å². The summed E-state index contributed by atoms with van der Waals surface area (Å²) in [5, 5.41) is 2.83. The Morgan fingerprint density at radius 2 is 2.39 bits per heavy atom. The molecule has 0 unspecified atom stereocenters. The molecule has 0 saturated carbocycles. The first-order chi connectivity index (χ1) is 11.2. The van der Waals surface area contributed by atoms with Crippen molar-refractivity contribution < 1.29 is 9.53 Å². The lowest BCUT2D eigenvalue weighted by Crippen LogP contribution is -2.48. The van der Waals surface area contributed by atoms with Crippen molar-refractivity contribution in [1.29, 1.82) is 0 Å². The van der Waals surface area contributed by atoms with Gasteiger partial charge >= 0.3 is 5.97 Å². The van der Waals surface area contributed by atoms with Crippen molar-refractivity contribution in [3.63, 3.8) is 0 Å². The number of carbonyl (C=O) groups is 1. The Balaban J connectivity index is 1.91. The van der Waals surface area contributed by atoms with E-state index in [1.54, 1.807) is 29.7 Å². The van der Waals surface area contributed by atoms with Crippen LogP contribution in [0.4, 0.5) is 0 Å². The molecular formula is C14H19N5O2S2. The van der Waals surface area contributed by atoms with Crippen LogP contribution in [0.5, 0.6) is 0 Å². The zero-order valence-electron chi connectivity index (χ0n) is 13.1. The minimum atomic E-state index is -0.272. The first kappa shape index (κ1) is 16.4. The molecule has 1 fully saturated rings. The summed E-state index contributed by atoms with van der Waals surface area (Å²) < 4.78 is 10.5. The molecule has 2 aliphatic heterocycles. The number of aromatic nitrogens is 1. The average Bonchev–Trinajstić information content (AvgIpc) is 3.08. The molecule has 0 bridgehead atoms. The van der Waals surface area contributed by atoms with Crippen LogP contribution in [0.15, 0.2) is 27.8 Å². The Morgan fingerprint density at radius 1 is 1.52 bits per heavy atom. The van der Waals surface area contributed by atoms with Crippen molar-refractivity contribution >= 4 is 35.3 Å². The van der Waals surface area contributed by atoms with Crippen LogP contribution in [0.1, 0.15) is 11.9 Å². The van der Waals surface area contributed by atoms with Crippen molar-refractivity contribution in [2.75, 3.05) is 39.8 Å². The Labute approximate surface area is 143 Å².